The normalized spacial score (nSPS) is 10.9. The Labute approximate surface area is 141 Å². The third kappa shape index (κ3) is 5.33. The summed E-state index contributed by atoms with van der Waals surface area (Å²) in [7, 11) is 0. The molecule has 5 nitrogen and oxygen atoms in total. The predicted octanol–water partition coefficient (Wildman–Crippen LogP) is 3.68. The number of rotatable bonds is 8. The number of ether oxygens (including phenoxy) is 1. The van der Waals surface area contributed by atoms with Crippen molar-refractivity contribution in [2.45, 2.75) is 26.3 Å². The van der Waals surface area contributed by atoms with Crippen LogP contribution in [0.15, 0.2) is 52.7 Å². The monoisotopic (exact) mass is 324 g/mol. The van der Waals surface area contributed by atoms with E-state index in [0.29, 0.717) is 12.4 Å². The lowest BCUT2D eigenvalue weighted by Gasteiger charge is -2.05. The topological polar surface area (TPSA) is 75.3 Å². The number of nitriles is 1. The maximum Gasteiger partial charge on any atom is 0.262 e. The summed E-state index contributed by atoms with van der Waals surface area (Å²) in [6.45, 7) is 3.04. The number of carbonyl (C=O) groups excluding carboxylic acids is 1. The van der Waals surface area contributed by atoms with E-state index in [2.05, 4.69) is 12.2 Å². The first-order valence-electron chi connectivity index (χ1n) is 7.88. The van der Waals surface area contributed by atoms with E-state index in [9.17, 15) is 10.1 Å². The summed E-state index contributed by atoms with van der Waals surface area (Å²) < 4.78 is 10.7. The van der Waals surface area contributed by atoms with Crippen LogP contribution in [-0.2, 0) is 11.3 Å². The van der Waals surface area contributed by atoms with E-state index < -0.39 is 5.91 Å². The van der Waals surface area contributed by atoms with Gasteiger partial charge in [-0.1, -0.05) is 25.5 Å². The summed E-state index contributed by atoms with van der Waals surface area (Å²) in [5.41, 5.74) is 0.809. The number of benzene rings is 1. The Hall–Kier alpha value is -3.00. The van der Waals surface area contributed by atoms with E-state index in [4.69, 9.17) is 9.15 Å². The van der Waals surface area contributed by atoms with Crippen molar-refractivity contribution in [2.75, 3.05) is 6.61 Å². The molecule has 0 bridgehead atoms. The van der Waals surface area contributed by atoms with E-state index in [1.807, 2.05) is 30.3 Å². The molecule has 0 atom stereocenters. The minimum absolute atomic E-state index is 0.0428. The fraction of sp³-hybridized carbons (Fsp3) is 0.263. The molecule has 0 spiro atoms. The summed E-state index contributed by atoms with van der Waals surface area (Å²) in [5, 5.41) is 11.8. The highest BCUT2D eigenvalue weighted by molar-refractivity contribution is 6.01. The van der Waals surface area contributed by atoms with E-state index in [0.717, 1.165) is 24.2 Å². The highest BCUT2D eigenvalue weighted by Crippen LogP contribution is 2.15. The number of hydrogen-bond acceptors (Lipinski definition) is 4. The first kappa shape index (κ1) is 17.4. The van der Waals surface area contributed by atoms with Gasteiger partial charge in [0.05, 0.1) is 19.4 Å². The van der Waals surface area contributed by atoms with Gasteiger partial charge in [0, 0.05) is 0 Å². The molecule has 0 aliphatic rings. The SMILES string of the molecule is CCCCOc1ccc(/C=C(\C#N)C(=O)NCc2ccco2)cc1. The zero-order valence-electron chi connectivity index (χ0n) is 13.6. The molecular weight excluding hydrogens is 304 g/mol. The summed E-state index contributed by atoms with van der Waals surface area (Å²) in [4.78, 5) is 12.0. The molecular formula is C19H20N2O3. The summed E-state index contributed by atoms with van der Waals surface area (Å²) in [6.07, 6.45) is 5.18. The molecule has 0 saturated heterocycles. The van der Waals surface area contributed by atoms with Gasteiger partial charge in [-0.3, -0.25) is 4.79 Å². The zero-order valence-corrected chi connectivity index (χ0v) is 13.6. The van der Waals surface area contributed by atoms with Crippen molar-refractivity contribution in [3.8, 4) is 11.8 Å². The van der Waals surface area contributed by atoms with Crippen LogP contribution in [0, 0.1) is 11.3 Å². The van der Waals surface area contributed by atoms with Gasteiger partial charge in [0.2, 0.25) is 0 Å². The first-order valence-corrected chi connectivity index (χ1v) is 7.88. The summed E-state index contributed by atoms with van der Waals surface area (Å²) >= 11 is 0. The Kier molecular flexibility index (Phi) is 6.66. The van der Waals surface area contributed by atoms with Crippen LogP contribution in [-0.4, -0.2) is 12.5 Å². The van der Waals surface area contributed by atoms with Crippen molar-refractivity contribution in [1.82, 2.24) is 5.32 Å². The second-order valence-electron chi connectivity index (χ2n) is 5.20. The van der Waals surface area contributed by atoms with Gasteiger partial charge in [0.1, 0.15) is 23.2 Å². The molecule has 0 unspecified atom stereocenters. The average Bonchev–Trinajstić information content (AvgIpc) is 3.12. The Balaban J connectivity index is 1.96. The molecule has 0 aliphatic heterocycles. The van der Waals surface area contributed by atoms with Crippen molar-refractivity contribution >= 4 is 12.0 Å². The number of unbranched alkanes of at least 4 members (excludes halogenated alkanes) is 1. The van der Waals surface area contributed by atoms with Crippen molar-refractivity contribution in [1.29, 1.82) is 5.26 Å². The Bertz CT molecular complexity index is 710. The van der Waals surface area contributed by atoms with Gasteiger partial charge in [-0.15, -0.1) is 0 Å². The number of nitrogens with one attached hydrogen (secondary N) is 1. The lowest BCUT2D eigenvalue weighted by Crippen LogP contribution is -2.23. The van der Waals surface area contributed by atoms with Crippen molar-refractivity contribution in [2.24, 2.45) is 0 Å². The molecule has 1 heterocycles. The van der Waals surface area contributed by atoms with Gasteiger partial charge in [-0.05, 0) is 42.3 Å². The van der Waals surface area contributed by atoms with Crippen molar-refractivity contribution < 1.29 is 13.9 Å². The van der Waals surface area contributed by atoms with Crippen LogP contribution in [0.1, 0.15) is 31.1 Å². The Morgan fingerprint density at radius 1 is 1.33 bits per heavy atom. The molecule has 1 N–H and O–H groups in total. The maximum atomic E-state index is 12.0. The third-order valence-electron chi connectivity index (χ3n) is 3.33. The standard InChI is InChI=1S/C19H20N2O3/c1-2-3-10-23-17-8-6-15(7-9-17)12-16(13-20)19(22)21-14-18-5-4-11-24-18/h4-9,11-12H,2-3,10,14H2,1H3,(H,21,22)/b16-12+. The molecule has 1 aromatic carbocycles. The quantitative estimate of drug-likeness (QED) is 0.456. The van der Waals surface area contributed by atoms with E-state index in [1.165, 1.54) is 6.26 Å². The van der Waals surface area contributed by atoms with E-state index in [-0.39, 0.29) is 12.1 Å². The fourth-order valence-corrected chi connectivity index (χ4v) is 1.99. The van der Waals surface area contributed by atoms with Gasteiger partial charge in [-0.25, -0.2) is 0 Å². The van der Waals surface area contributed by atoms with Crippen LogP contribution >= 0.6 is 0 Å². The summed E-state index contributed by atoms with van der Waals surface area (Å²) in [5.74, 6) is 0.979. The van der Waals surface area contributed by atoms with Crippen molar-refractivity contribution in [3.05, 3.63) is 59.6 Å². The lowest BCUT2D eigenvalue weighted by molar-refractivity contribution is -0.117. The van der Waals surface area contributed by atoms with Gasteiger partial charge >= 0.3 is 0 Å². The molecule has 5 heteroatoms. The number of nitrogens with zero attached hydrogens (tertiary/aromatic N) is 1. The largest absolute Gasteiger partial charge is 0.494 e. The Morgan fingerprint density at radius 2 is 2.12 bits per heavy atom. The zero-order chi connectivity index (χ0) is 17.2. The van der Waals surface area contributed by atoms with E-state index >= 15 is 0 Å². The fourth-order valence-electron chi connectivity index (χ4n) is 1.99. The average molecular weight is 324 g/mol. The summed E-state index contributed by atoms with van der Waals surface area (Å²) in [6, 6.07) is 12.7. The minimum Gasteiger partial charge on any atom is -0.494 e. The van der Waals surface area contributed by atoms with Crippen molar-refractivity contribution in [3.63, 3.8) is 0 Å². The molecule has 1 amide bonds. The van der Waals surface area contributed by atoms with Crippen LogP contribution in [0.25, 0.3) is 6.08 Å². The van der Waals surface area contributed by atoms with Gasteiger partial charge in [-0.2, -0.15) is 5.26 Å². The number of amides is 1. The van der Waals surface area contributed by atoms with Crippen LogP contribution in [0.4, 0.5) is 0 Å². The molecule has 2 rings (SSSR count). The van der Waals surface area contributed by atoms with Gasteiger partial charge in [0.25, 0.3) is 5.91 Å². The molecule has 24 heavy (non-hydrogen) atoms. The van der Waals surface area contributed by atoms with Gasteiger partial charge in [0.15, 0.2) is 0 Å². The van der Waals surface area contributed by atoms with Crippen LogP contribution in [0.5, 0.6) is 5.75 Å². The number of furan rings is 1. The van der Waals surface area contributed by atoms with Gasteiger partial charge < -0.3 is 14.5 Å². The highest BCUT2D eigenvalue weighted by atomic mass is 16.5. The molecule has 1 aromatic heterocycles. The molecule has 0 saturated carbocycles. The van der Waals surface area contributed by atoms with Crippen LogP contribution in [0.2, 0.25) is 0 Å². The van der Waals surface area contributed by atoms with E-state index in [1.54, 1.807) is 18.2 Å². The third-order valence-corrected chi connectivity index (χ3v) is 3.33. The van der Waals surface area contributed by atoms with Crippen LogP contribution < -0.4 is 10.1 Å². The molecule has 0 aliphatic carbocycles. The Morgan fingerprint density at radius 3 is 2.75 bits per heavy atom. The second kappa shape index (κ2) is 9.21. The number of hydrogen-bond donors (Lipinski definition) is 1. The molecule has 2 aromatic rings. The maximum absolute atomic E-state index is 12.0. The highest BCUT2D eigenvalue weighted by Gasteiger charge is 2.09. The molecule has 124 valence electrons. The molecule has 0 radical (unpaired) electrons. The van der Waals surface area contributed by atoms with Crippen LogP contribution in [0.3, 0.4) is 0 Å². The molecule has 0 fully saturated rings. The smallest absolute Gasteiger partial charge is 0.262 e. The lowest BCUT2D eigenvalue weighted by atomic mass is 10.1. The minimum atomic E-state index is -0.433. The predicted molar refractivity (Wildman–Crippen MR) is 91.0 cm³/mol. The second-order valence-corrected chi connectivity index (χ2v) is 5.20. The number of carbonyl (C=O) groups is 1. The first-order chi connectivity index (χ1) is 11.7.